The highest BCUT2D eigenvalue weighted by Crippen LogP contribution is 2.41. The Labute approximate surface area is 219 Å². The first-order chi connectivity index (χ1) is 17.2. The minimum atomic E-state index is -0.631. The van der Waals surface area contributed by atoms with Crippen LogP contribution in [0.4, 0.5) is 0 Å². The summed E-state index contributed by atoms with van der Waals surface area (Å²) in [6.07, 6.45) is 10.7. The number of aliphatic hydroxyl groups is 2. The second-order valence-corrected chi connectivity index (χ2v) is 11.7. The van der Waals surface area contributed by atoms with E-state index in [0.717, 1.165) is 57.2 Å². The number of methoxy groups -OCH3 is 1. The molecule has 0 spiro atoms. The molecule has 0 amide bonds. The van der Waals surface area contributed by atoms with Crippen LogP contribution in [0.5, 0.6) is 5.75 Å². The summed E-state index contributed by atoms with van der Waals surface area (Å²) in [4.78, 5) is 2.23. The van der Waals surface area contributed by atoms with Gasteiger partial charge in [-0.25, -0.2) is 0 Å². The molecule has 0 aromatic heterocycles. The minimum Gasteiger partial charge on any atom is -0.497 e. The van der Waals surface area contributed by atoms with Gasteiger partial charge < -0.3 is 19.8 Å². The van der Waals surface area contributed by atoms with Crippen molar-refractivity contribution >= 4 is 0 Å². The number of aryl methyl sites for hydroxylation is 2. The molecule has 0 aliphatic heterocycles. The summed E-state index contributed by atoms with van der Waals surface area (Å²) in [5, 5.41) is 20.7. The van der Waals surface area contributed by atoms with Crippen molar-refractivity contribution in [3.63, 3.8) is 0 Å². The van der Waals surface area contributed by atoms with Crippen molar-refractivity contribution in [2.45, 2.75) is 89.8 Å². The molecule has 0 heterocycles. The normalized spacial score (nSPS) is 24.8. The van der Waals surface area contributed by atoms with Gasteiger partial charge in [0.15, 0.2) is 0 Å². The van der Waals surface area contributed by atoms with E-state index in [1.807, 2.05) is 6.07 Å². The van der Waals surface area contributed by atoms with E-state index in [9.17, 15) is 5.11 Å². The third-order valence-corrected chi connectivity index (χ3v) is 8.18. The van der Waals surface area contributed by atoms with Gasteiger partial charge >= 0.3 is 0 Å². The molecule has 3 atom stereocenters. The smallest absolute Gasteiger partial charge is 0.119 e. The van der Waals surface area contributed by atoms with Gasteiger partial charge in [0.2, 0.25) is 0 Å². The first-order valence-electron chi connectivity index (χ1n) is 13.9. The first-order valence-corrected chi connectivity index (χ1v) is 13.9. The van der Waals surface area contributed by atoms with Gasteiger partial charge in [0, 0.05) is 18.9 Å². The largest absolute Gasteiger partial charge is 0.497 e. The van der Waals surface area contributed by atoms with E-state index >= 15 is 0 Å². The molecule has 0 bridgehead atoms. The molecule has 200 valence electrons. The van der Waals surface area contributed by atoms with E-state index < -0.39 is 5.60 Å². The van der Waals surface area contributed by atoms with Crippen LogP contribution in [0.1, 0.15) is 73.6 Å². The summed E-state index contributed by atoms with van der Waals surface area (Å²) in [7, 11) is 5.95. The lowest BCUT2D eigenvalue weighted by molar-refractivity contribution is -0.0686. The lowest BCUT2D eigenvalue weighted by atomic mass is 9.67. The van der Waals surface area contributed by atoms with E-state index in [1.54, 1.807) is 7.11 Å². The van der Waals surface area contributed by atoms with Crippen molar-refractivity contribution in [1.29, 1.82) is 0 Å². The van der Waals surface area contributed by atoms with Crippen LogP contribution in [0.3, 0.4) is 0 Å². The predicted molar refractivity (Wildman–Crippen MR) is 150 cm³/mol. The van der Waals surface area contributed by atoms with Gasteiger partial charge in [-0.05, 0) is 101 Å². The van der Waals surface area contributed by atoms with Crippen LogP contribution < -0.4 is 4.74 Å². The summed E-state index contributed by atoms with van der Waals surface area (Å²) < 4.78 is 5.39. The summed E-state index contributed by atoms with van der Waals surface area (Å²) in [5.41, 5.74) is 4.55. The third-order valence-electron chi connectivity index (χ3n) is 8.18. The van der Waals surface area contributed by atoms with Gasteiger partial charge in [-0.15, -0.1) is 0 Å². The van der Waals surface area contributed by atoms with Crippen LogP contribution in [0.15, 0.2) is 42.5 Å². The number of ether oxygens (including phenoxy) is 1. The number of rotatable bonds is 7. The third kappa shape index (κ3) is 8.61. The van der Waals surface area contributed by atoms with E-state index in [-0.39, 0.29) is 12.0 Å². The highest BCUT2D eigenvalue weighted by atomic mass is 16.5. The Bertz CT molecular complexity index is 937. The number of hydrogen-bond donors (Lipinski definition) is 2. The maximum Gasteiger partial charge on any atom is 0.119 e. The van der Waals surface area contributed by atoms with E-state index in [4.69, 9.17) is 9.84 Å². The highest BCUT2D eigenvalue weighted by Gasteiger charge is 2.42. The molecule has 2 aliphatic carbocycles. The van der Waals surface area contributed by atoms with Crippen LogP contribution in [0, 0.1) is 25.7 Å². The molecule has 0 radical (unpaired) electrons. The van der Waals surface area contributed by atoms with Crippen LogP contribution >= 0.6 is 0 Å². The Morgan fingerprint density at radius 1 is 1.00 bits per heavy atom. The molecule has 2 fully saturated rings. The Kier molecular flexibility index (Phi) is 10.8. The van der Waals surface area contributed by atoms with Crippen molar-refractivity contribution < 1.29 is 14.9 Å². The monoisotopic (exact) mass is 495 g/mol. The number of aliphatic hydroxyl groups excluding tert-OH is 1. The summed E-state index contributed by atoms with van der Waals surface area (Å²) >= 11 is 0. The Morgan fingerprint density at radius 3 is 2.39 bits per heavy atom. The fourth-order valence-electron chi connectivity index (χ4n) is 6.04. The van der Waals surface area contributed by atoms with E-state index in [2.05, 4.69) is 69.2 Å². The summed E-state index contributed by atoms with van der Waals surface area (Å²) in [6, 6.07) is 15.0. The quantitative estimate of drug-likeness (QED) is 0.486. The average molecular weight is 496 g/mol. The average Bonchev–Trinajstić information content (AvgIpc) is 2.84. The van der Waals surface area contributed by atoms with E-state index in [0.29, 0.717) is 5.92 Å². The number of nitrogens with zero attached hydrogens (tertiary/aromatic N) is 1. The number of benzene rings is 2. The van der Waals surface area contributed by atoms with Crippen LogP contribution in [0.25, 0.3) is 0 Å². The molecular formula is C32H49NO3. The molecule has 36 heavy (non-hydrogen) atoms. The lowest BCUT2D eigenvalue weighted by Gasteiger charge is -2.45. The molecule has 4 rings (SSSR count). The highest BCUT2D eigenvalue weighted by molar-refractivity contribution is 5.32. The molecule has 2 aromatic carbocycles. The molecule has 4 heteroatoms. The van der Waals surface area contributed by atoms with Crippen LogP contribution in [0.2, 0.25) is 0 Å². The summed E-state index contributed by atoms with van der Waals surface area (Å²) in [5.74, 6) is 1.81. The Balaban J connectivity index is 0.000000444. The fourth-order valence-corrected chi connectivity index (χ4v) is 6.04. The molecule has 2 aliphatic rings. The van der Waals surface area contributed by atoms with Crippen molar-refractivity contribution in [2.24, 2.45) is 11.8 Å². The van der Waals surface area contributed by atoms with Crippen LogP contribution in [-0.4, -0.2) is 54.6 Å². The van der Waals surface area contributed by atoms with Crippen molar-refractivity contribution in [2.75, 3.05) is 27.7 Å². The summed E-state index contributed by atoms with van der Waals surface area (Å²) in [6.45, 7) is 5.22. The standard InChI is InChI=1S/C26H37NO2.C6H12O/c1-19-9-10-20(2)23(13-19)17-26(28)12-11-22(15-24(26)18-27(3)4)14-21-7-6-8-25(16-21)29-5;7-6-4-2-1-3-5-6/h6-10,13,16,22,24,28H,11-12,14-15,17-18H2,1-5H3;6-7H,1-5H2. The van der Waals surface area contributed by atoms with Crippen molar-refractivity contribution in [3.8, 4) is 5.75 Å². The molecule has 2 aromatic rings. The van der Waals surface area contributed by atoms with Crippen molar-refractivity contribution in [3.05, 3.63) is 64.7 Å². The van der Waals surface area contributed by atoms with Gasteiger partial charge in [0.1, 0.15) is 5.75 Å². The van der Waals surface area contributed by atoms with Gasteiger partial charge in [-0.1, -0.05) is 55.2 Å². The fraction of sp³-hybridized carbons (Fsp3) is 0.625. The second kappa shape index (κ2) is 13.6. The lowest BCUT2D eigenvalue weighted by Crippen LogP contribution is -2.49. The predicted octanol–water partition coefficient (Wildman–Crippen LogP) is 6.12. The molecule has 4 nitrogen and oxygen atoms in total. The molecule has 2 saturated carbocycles. The molecule has 0 saturated heterocycles. The topological polar surface area (TPSA) is 52.9 Å². The zero-order valence-corrected chi connectivity index (χ0v) is 23.3. The van der Waals surface area contributed by atoms with E-state index in [1.165, 1.54) is 41.5 Å². The maximum absolute atomic E-state index is 11.8. The molecular weight excluding hydrogens is 446 g/mol. The van der Waals surface area contributed by atoms with Crippen molar-refractivity contribution in [1.82, 2.24) is 4.90 Å². The van der Waals surface area contributed by atoms with Gasteiger partial charge in [0.25, 0.3) is 0 Å². The Hall–Kier alpha value is -1.88. The van der Waals surface area contributed by atoms with Gasteiger partial charge in [0.05, 0.1) is 18.8 Å². The zero-order chi connectivity index (χ0) is 26.1. The zero-order valence-electron chi connectivity index (χ0n) is 23.3. The van der Waals surface area contributed by atoms with Crippen LogP contribution in [-0.2, 0) is 12.8 Å². The maximum atomic E-state index is 11.8. The van der Waals surface area contributed by atoms with Gasteiger partial charge in [-0.2, -0.15) is 0 Å². The minimum absolute atomic E-state index is 0.0359. The number of hydrogen-bond acceptors (Lipinski definition) is 4. The first kappa shape index (κ1) is 28.7. The molecule has 3 unspecified atom stereocenters. The molecule has 2 N–H and O–H groups in total. The second-order valence-electron chi connectivity index (χ2n) is 11.7. The van der Waals surface area contributed by atoms with Gasteiger partial charge in [-0.3, -0.25) is 0 Å². The Morgan fingerprint density at radius 2 is 1.75 bits per heavy atom. The SMILES string of the molecule is COc1cccc(CC2CCC(O)(Cc3cc(C)ccc3C)C(CN(C)C)C2)c1.OC1CCCCC1.